The van der Waals surface area contributed by atoms with E-state index in [4.69, 9.17) is 47.4 Å². The summed E-state index contributed by atoms with van der Waals surface area (Å²) in [5, 5.41) is 12.2. The lowest BCUT2D eigenvalue weighted by Crippen LogP contribution is -2.66. The molecule has 3 heterocycles. The third-order valence-electron chi connectivity index (χ3n) is 11.5. The molecule has 3 aliphatic heterocycles. The number of esters is 5. The van der Waals surface area contributed by atoms with Crippen molar-refractivity contribution < 1.29 is 81.2 Å². The molecule has 0 saturated carbocycles. The Balaban J connectivity index is 2.09. The molecule has 0 aliphatic carbocycles. The van der Waals surface area contributed by atoms with Crippen molar-refractivity contribution >= 4 is 36.1 Å². The van der Waals surface area contributed by atoms with Gasteiger partial charge in [-0.2, -0.15) is 0 Å². The third-order valence-corrected chi connectivity index (χ3v) is 11.5. The van der Waals surface area contributed by atoms with Crippen LogP contribution in [0.25, 0.3) is 0 Å². The van der Waals surface area contributed by atoms with Crippen LogP contribution in [0.15, 0.2) is 24.3 Å². The first kappa shape index (κ1) is 53.6. The smallest absolute Gasteiger partial charge is 0.309 e. The minimum Gasteiger partial charge on any atom is -0.462 e. The summed E-state index contributed by atoms with van der Waals surface area (Å²) in [5.74, 6) is -4.06. The van der Waals surface area contributed by atoms with E-state index in [1.54, 1.807) is 84.8 Å². The van der Waals surface area contributed by atoms with Crippen LogP contribution < -0.4 is 0 Å². The van der Waals surface area contributed by atoms with E-state index in [-0.39, 0.29) is 32.1 Å². The van der Waals surface area contributed by atoms with E-state index in [0.29, 0.717) is 12.7 Å². The van der Waals surface area contributed by atoms with Crippen LogP contribution in [0.3, 0.4) is 0 Å². The molecular weight excluding hydrogens is 826 g/mol. The largest absolute Gasteiger partial charge is 0.462 e. The first-order valence-corrected chi connectivity index (χ1v) is 21.9. The number of hydrogen-bond donors (Lipinski definition) is 1. The number of hydrogen-bond acceptors (Lipinski definition) is 18. The lowest BCUT2D eigenvalue weighted by molar-refractivity contribution is -0.344. The highest BCUT2D eigenvalue weighted by molar-refractivity contribution is 5.73. The second-order valence-electron chi connectivity index (χ2n) is 17.1. The number of ether oxygens (including phenoxy) is 10. The van der Waals surface area contributed by atoms with Gasteiger partial charge >= 0.3 is 29.8 Å². The molecule has 0 radical (unpaired) electrons. The number of rotatable bonds is 14. The summed E-state index contributed by atoms with van der Waals surface area (Å²) >= 11 is 0. The van der Waals surface area contributed by atoms with E-state index in [1.807, 2.05) is 6.92 Å². The summed E-state index contributed by atoms with van der Waals surface area (Å²) in [5.41, 5.74) is -1.33. The molecule has 0 spiro atoms. The van der Waals surface area contributed by atoms with Crippen molar-refractivity contribution in [2.75, 3.05) is 21.2 Å². The Morgan fingerprint density at radius 1 is 0.905 bits per heavy atom. The van der Waals surface area contributed by atoms with Gasteiger partial charge in [-0.05, 0) is 66.1 Å². The fraction of sp³-hybridized carbons (Fsp3) is 0.778. The van der Waals surface area contributed by atoms with Gasteiger partial charge in [-0.1, -0.05) is 39.0 Å². The number of aliphatic hydroxyl groups excluding tert-OH is 1. The zero-order valence-corrected chi connectivity index (χ0v) is 38.9. The lowest BCUT2D eigenvalue weighted by Gasteiger charge is -2.50. The molecule has 1 N–H and O–H groups in total. The van der Waals surface area contributed by atoms with Crippen LogP contribution >= 0.6 is 0 Å². The van der Waals surface area contributed by atoms with Crippen LogP contribution in [0.4, 0.5) is 0 Å². The molecule has 0 amide bonds. The molecule has 3 rings (SSSR count). The van der Waals surface area contributed by atoms with E-state index in [9.17, 15) is 33.9 Å². The van der Waals surface area contributed by atoms with Crippen LogP contribution in [-0.2, 0) is 76.1 Å². The molecule has 2 fully saturated rings. The Morgan fingerprint density at radius 2 is 1.57 bits per heavy atom. The highest BCUT2D eigenvalue weighted by atomic mass is 16.7. The van der Waals surface area contributed by atoms with E-state index in [2.05, 4.69) is 0 Å². The molecule has 2 saturated heterocycles. The van der Waals surface area contributed by atoms with E-state index in [1.165, 1.54) is 21.0 Å². The van der Waals surface area contributed by atoms with Crippen LogP contribution in [0.2, 0.25) is 0 Å². The van der Waals surface area contributed by atoms with Crippen LogP contribution in [-0.4, -0.2) is 153 Å². The monoisotopic (exact) mass is 897 g/mol. The highest BCUT2D eigenvalue weighted by Gasteiger charge is 2.54. The number of aldehydes is 1. The van der Waals surface area contributed by atoms with Gasteiger partial charge in [0, 0.05) is 53.1 Å². The summed E-state index contributed by atoms with van der Waals surface area (Å²) in [7, 11) is 4.82. The predicted molar refractivity (Wildman–Crippen MR) is 224 cm³/mol. The van der Waals surface area contributed by atoms with Crippen molar-refractivity contribution in [3.8, 4) is 0 Å². The Labute approximate surface area is 371 Å². The number of cyclic esters (lactones) is 1. The Kier molecular flexibility index (Phi) is 21.3. The van der Waals surface area contributed by atoms with E-state index >= 15 is 0 Å². The molecule has 0 aromatic rings. The summed E-state index contributed by atoms with van der Waals surface area (Å²) < 4.78 is 60.7. The summed E-state index contributed by atoms with van der Waals surface area (Å²) in [6, 6.07) is -0.833. The number of likely N-dealkylation sites (N-methyl/N-ethyl adjacent to an activating group) is 1. The van der Waals surface area contributed by atoms with Gasteiger partial charge in [0.05, 0.1) is 30.8 Å². The van der Waals surface area contributed by atoms with Gasteiger partial charge < -0.3 is 62.2 Å². The zero-order valence-electron chi connectivity index (χ0n) is 38.9. The average molecular weight is 898 g/mol. The van der Waals surface area contributed by atoms with E-state index in [0.717, 1.165) is 0 Å². The number of nitrogens with zero attached hydrogens (tertiary/aromatic N) is 1. The summed E-state index contributed by atoms with van der Waals surface area (Å²) in [6.07, 6.45) is -4.48. The SMILES string of the molecule is CCC(=O)O[C@@H]1CC(=O)O[C@H](C)C/C=C\C=C\[C@H](OC(C)=O)[C@H](C)C[C@H](CC=O)[C@H](O[C@@H]2O[C@H](C)[C@@H](O[C@H]3C[C@@](C)(OC(C)=O)[C@@H](OC(=O)CC)[C@H](C)O3)[C@H](N(C)C)[C@H]2O)[C@@H]1OC. The average Bonchev–Trinajstić information content (AvgIpc) is 3.18. The molecule has 16 atom stereocenters. The minimum absolute atomic E-state index is 0.0260. The molecule has 63 heavy (non-hydrogen) atoms. The predicted octanol–water partition coefficient (Wildman–Crippen LogP) is 3.91. The fourth-order valence-corrected chi connectivity index (χ4v) is 8.57. The van der Waals surface area contributed by atoms with Crippen molar-refractivity contribution in [2.45, 2.75) is 193 Å². The van der Waals surface area contributed by atoms with Crippen LogP contribution in [0.1, 0.15) is 107 Å². The molecule has 18 nitrogen and oxygen atoms in total. The maximum Gasteiger partial charge on any atom is 0.309 e. The fourth-order valence-electron chi connectivity index (χ4n) is 8.57. The van der Waals surface area contributed by atoms with Gasteiger partial charge in [0.25, 0.3) is 0 Å². The van der Waals surface area contributed by atoms with E-state index < -0.39 is 133 Å². The van der Waals surface area contributed by atoms with Gasteiger partial charge in [0.2, 0.25) is 0 Å². The molecule has 358 valence electrons. The molecule has 0 bridgehead atoms. The number of carbonyl (C=O) groups excluding carboxylic acids is 6. The van der Waals surface area contributed by atoms with Crippen LogP contribution in [0, 0.1) is 11.8 Å². The van der Waals surface area contributed by atoms with Crippen molar-refractivity contribution in [3.63, 3.8) is 0 Å². The summed E-state index contributed by atoms with van der Waals surface area (Å²) in [4.78, 5) is 77.6. The maximum atomic E-state index is 13.4. The molecule has 0 aromatic carbocycles. The summed E-state index contributed by atoms with van der Waals surface area (Å²) in [6.45, 7) is 14.4. The third kappa shape index (κ3) is 15.4. The van der Waals surface area contributed by atoms with Crippen molar-refractivity contribution in [1.29, 1.82) is 0 Å². The highest BCUT2D eigenvalue weighted by Crippen LogP contribution is 2.39. The van der Waals surface area contributed by atoms with Crippen molar-refractivity contribution in [3.05, 3.63) is 24.3 Å². The molecule has 0 aromatic heterocycles. The quantitative estimate of drug-likeness (QED) is 0.148. The van der Waals surface area contributed by atoms with Crippen LogP contribution in [0.5, 0.6) is 0 Å². The molecule has 18 heteroatoms. The Morgan fingerprint density at radius 3 is 2.16 bits per heavy atom. The second kappa shape index (κ2) is 25.1. The first-order chi connectivity index (χ1) is 29.7. The van der Waals surface area contributed by atoms with Gasteiger partial charge in [-0.25, -0.2) is 0 Å². The van der Waals surface area contributed by atoms with Gasteiger partial charge in [-0.3, -0.25) is 24.0 Å². The number of allylic oxidation sites excluding steroid dienone is 2. The molecular formula is C45H71NO17. The number of aliphatic hydroxyl groups is 1. The lowest BCUT2D eigenvalue weighted by atomic mass is 9.82. The Bertz CT molecular complexity index is 1590. The zero-order chi connectivity index (χ0) is 47.2. The Hall–Kier alpha value is -3.78. The van der Waals surface area contributed by atoms with Gasteiger partial charge in [-0.15, -0.1) is 0 Å². The maximum absolute atomic E-state index is 13.4. The second-order valence-corrected chi connectivity index (χ2v) is 17.1. The van der Waals surface area contributed by atoms with Crippen molar-refractivity contribution in [2.24, 2.45) is 11.8 Å². The number of methoxy groups -OCH3 is 1. The standard InChI is InChI=1S/C45H71NO17/c1-13-34(50)59-33-23-36(52)55-26(4)18-16-15-17-19-32(58-29(7)48)25(3)22-31(20-21-47)41(42(33)54-12)62-44-39(53)38(46(10)11)40(27(5)57-44)61-37-24-45(9,63-30(8)49)43(28(6)56-37)60-35(51)14-2/h15-17,19,21,25-28,31-33,37-44,53H,13-14,18,20,22-24H2,1-12H3/b16-15-,19-17+/t25-,26-,27-,28+,31+,32+,33-,37+,38-,39-,40-,41+,42-,43+,44+,45-/m1/s1. The van der Waals surface area contributed by atoms with Gasteiger partial charge in [0.15, 0.2) is 24.3 Å². The molecule has 0 unspecified atom stereocenters. The minimum atomic E-state index is -1.45. The molecule has 3 aliphatic rings. The number of carbonyl (C=O) groups is 6. The first-order valence-electron chi connectivity index (χ1n) is 21.9. The normalized spacial score (nSPS) is 38.1. The van der Waals surface area contributed by atoms with Crippen molar-refractivity contribution in [1.82, 2.24) is 4.90 Å². The topological polar surface area (TPSA) is 218 Å². The van der Waals surface area contributed by atoms with Gasteiger partial charge in [0.1, 0.15) is 42.9 Å².